The monoisotopic (exact) mass is 252 g/mol. The molecule has 0 spiro atoms. The first-order valence-corrected chi connectivity index (χ1v) is 5.85. The fraction of sp³-hybridized carbons (Fsp3) is 0.500. The molecule has 18 heavy (non-hydrogen) atoms. The Kier molecular flexibility index (Phi) is 4.11. The Hall–Kier alpha value is -1.66. The zero-order valence-electron chi connectivity index (χ0n) is 10.2. The van der Waals surface area contributed by atoms with Crippen molar-refractivity contribution in [2.24, 2.45) is 0 Å². The Morgan fingerprint density at radius 3 is 3.00 bits per heavy atom. The Labute approximate surface area is 105 Å². The average Bonchev–Trinajstić information content (AvgIpc) is 2.37. The van der Waals surface area contributed by atoms with Crippen LogP contribution in [0.25, 0.3) is 0 Å². The third kappa shape index (κ3) is 2.96. The Balaban J connectivity index is 2.04. The molecule has 1 aliphatic heterocycles. The Morgan fingerprint density at radius 1 is 1.50 bits per heavy atom. The van der Waals surface area contributed by atoms with Crippen molar-refractivity contribution >= 4 is 11.4 Å². The number of hydrogen-bond acceptors (Lipinski definition) is 5. The molecule has 6 heteroatoms. The zero-order valence-corrected chi connectivity index (χ0v) is 10.2. The minimum atomic E-state index is -0.365. The van der Waals surface area contributed by atoms with Crippen LogP contribution in [0.15, 0.2) is 18.2 Å². The number of ether oxygens (including phenoxy) is 2. The fourth-order valence-corrected chi connectivity index (χ4v) is 1.92. The van der Waals surface area contributed by atoms with Crippen LogP contribution in [0.4, 0.5) is 11.4 Å². The van der Waals surface area contributed by atoms with E-state index in [4.69, 9.17) is 9.47 Å². The van der Waals surface area contributed by atoms with Gasteiger partial charge >= 0.3 is 0 Å². The van der Waals surface area contributed by atoms with E-state index in [0.29, 0.717) is 37.6 Å². The molecule has 1 aliphatic rings. The maximum Gasteiger partial charge on any atom is 0.295 e. The summed E-state index contributed by atoms with van der Waals surface area (Å²) < 4.78 is 10.7. The number of nitro benzene ring substituents is 1. The normalized spacial score (nSPS) is 19.5. The molecule has 1 saturated heterocycles. The first kappa shape index (κ1) is 12.8. The van der Waals surface area contributed by atoms with Gasteiger partial charge in [-0.15, -0.1) is 0 Å². The van der Waals surface area contributed by atoms with E-state index in [-0.39, 0.29) is 16.7 Å². The summed E-state index contributed by atoms with van der Waals surface area (Å²) in [5, 5.41) is 14.1. The predicted molar refractivity (Wildman–Crippen MR) is 66.9 cm³/mol. The average molecular weight is 252 g/mol. The van der Waals surface area contributed by atoms with Gasteiger partial charge in [0.05, 0.1) is 30.8 Å². The number of aryl methyl sites for hydroxylation is 1. The first-order valence-electron chi connectivity index (χ1n) is 5.85. The summed E-state index contributed by atoms with van der Waals surface area (Å²) in [5.74, 6) is 0. The fourth-order valence-electron chi connectivity index (χ4n) is 1.92. The minimum Gasteiger partial charge on any atom is -0.377 e. The summed E-state index contributed by atoms with van der Waals surface area (Å²) in [7, 11) is 0. The van der Waals surface area contributed by atoms with Crippen LogP contribution in [-0.4, -0.2) is 37.4 Å². The number of nitrogens with zero attached hydrogens (tertiary/aromatic N) is 1. The van der Waals surface area contributed by atoms with Gasteiger partial charge in [0.2, 0.25) is 0 Å². The highest BCUT2D eigenvalue weighted by atomic mass is 16.6. The van der Waals surface area contributed by atoms with Gasteiger partial charge < -0.3 is 14.8 Å². The minimum absolute atomic E-state index is 0.0566. The van der Waals surface area contributed by atoms with Crippen molar-refractivity contribution in [2.45, 2.75) is 13.0 Å². The lowest BCUT2D eigenvalue weighted by Crippen LogP contribution is -2.34. The second kappa shape index (κ2) is 5.79. The van der Waals surface area contributed by atoms with E-state index in [0.717, 1.165) is 0 Å². The molecular weight excluding hydrogens is 236 g/mol. The first-order chi connectivity index (χ1) is 8.68. The zero-order chi connectivity index (χ0) is 13.0. The highest BCUT2D eigenvalue weighted by molar-refractivity contribution is 5.65. The summed E-state index contributed by atoms with van der Waals surface area (Å²) in [6, 6.07) is 5.22. The van der Waals surface area contributed by atoms with Crippen LogP contribution in [0.2, 0.25) is 0 Å². The highest BCUT2D eigenvalue weighted by Gasteiger charge is 2.19. The number of nitrogens with one attached hydrogen (secondary N) is 1. The van der Waals surface area contributed by atoms with Gasteiger partial charge in [0.15, 0.2) is 0 Å². The van der Waals surface area contributed by atoms with E-state index in [2.05, 4.69) is 5.32 Å². The van der Waals surface area contributed by atoms with Crippen molar-refractivity contribution in [1.29, 1.82) is 0 Å². The summed E-state index contributed by atoms with van der Waals surface area (Å²) in [4.78, 5) is 10.6. The highest BCUT2D eigenvalue weighted by Crippen LogP contribution is 2.27. The summed E-state index contributed by atoms with van der Waals surface area (Å²) >= 11 is 0. The van der Waals surface area contributed by atoms with Gasteiger partial charge in [-0.25, -0.2) is 0 Å². The lowest BCUT2D eigenvalue weighted by atomic mass is 10.1. The maximum atomic E-state index is 11.0. The molecule has 2 rings (SSSR count). The summed E-state index contributed by atoms with van der Waals surface area (Å²) in [6.07, 6.45) is -0.0566. The van der Waals surface area contributed by atoms with Crippen LogP contribution < -0.4 is 5.32 Å². The molecule has 1 fully saturated rings. The molecule has 1 N–H and O–H groups in total. The quantitative estimate of drug-likeness (QED) is 0.652. The molecular formula is C12H16N2O4. The van der Waals surface area contributed by atoms with Crippen molar-refractivity contribution in [3.8, 4) is 0 Å². The van der Waals surface area contributed by atoms with Crippen LogP contribution in [0.5, 0.6) is 0 Å². The van der Waals surface area contributed by atoms with Crippen molar-refractivity contribution in [1.82, 2.24) is 0 Å². The number of benzene rings is 1. The van der Waals surface area contributed by atoms with Gasteiger partial charge in [-0.1, -0.05) is 12.1 Å². The van der Waals surface area contributed by atoms with Crippen molar-refractivity contribution in [2.75, 3.05) is 31.7 Å². The molecule has 98 valence electrons. The molecule has 1 unspecified atom stereocenters. The van der Waals surface area contributed by atoms with Crippen LogP contribution in [0.1, 0.15) is 5.56 Å². The Morgan fingerprint density at radius 2 is 2.33 bits per heavy atom. The van der Waals surface area contributed by atoms with Crippen LogP contribution in [0, 0.1) is 17.0 Å². The van der Waals surface area contributed by atoms with Gasteiger partial charge in [0.25, 0.3) is 5.69 Å². The second-order valence-corrected chi connectivity index (χ2v) is 4.18. The molecule has 0 aromatic heterocycles. The third-order valence-corrected chi connectivity index (χ3v) is 2.83. The van der Waals surface area contributed by atoms with Gasteiger partial charge in [-0.05, 0) is 13.0 Å². The topological polar surface area (TPSA) is 73.6 Å². The number of hydrogen-bond donors (Lipinski definition) is 1. The van der Waals surface area contributed by atoms with Gasteiger partial charge in [-0.3, -0.25) is 10.1 Å². The van der Waals surface area contributed by atoms with Crippen LogP contribution in [0.3, 0.4) is 0 Å². The van der Waals surface area contributed by atoms with E-state index in [1.807, 2.05) is 0 Å². The number of nitro groups is 1. The van der Waals surface area contributed by atoms with Gasteiger partial charge in [0, 0.05) is 12.1 Å². The SMILES string of the molecule is Cc1cccc(NCC2COCCO2)c1[N+](=O)[O-]. The van der Waals surface area contributed by atoms with Crippen LogP contribution >= 0.6 is 0 Å². The van der Waals surface area contributed by atoms with Crippen molar-refractivity contribution < 1.29 is 14.4 Å². The van der Waals surface area contributed by atoms with E-state index in [9.17, 15) is 10.1 Å². The summed E-state index contributed by atoms with van der Waals surface area (Å²) in [6.45, 7) is 3.93. The standard InChI is InChI=1S/C12H16N2O4/c1-9-3-2-4-11(12(9)14(15)16)13-7-10-8-17-5-6-18-10/h2-4,10,13H,5-8H2,1H3. The van der Waals surface area contributed by atoms with Crippen molar-refractivity contribution in [3.05, 3.63) is 33.9 Å². The van der Waals surface area contributed by atoms with E-state index in [1.54, 1.807) is 25.1 Å². The molecule has 6 nitrogen and oxygen atoms in total. The van der Waals surface area contributed by atoms with Crippen molar-refractivity contribution in [3.63, 3.8) is 0 Å². The largest absolute Gasteiger partial charge is 0.377 e. The van der Waals surface area contributed by atoms with Gasteiger partial charge in [0.1, 0.15) is 5.69 Å². The number of anilines is 1. The molecule has 1 atom stereocenters. The third-order valence-electron chi connectivity index (χ3n) is 2.83. The molecule has 0 bridgehead atoms. The molecule has 0 amide bonds. The number of para-hydroxylation sites is 1. The molecule has 0 aliphatic carbocycles. The molecule has 1 aromatic rings. The van der Waals surface area contributed by atoms with E-state index in [1.165, 1.54) is 0 Å². The molecule has 0 radical (unpaired) electrons. The van der Waals surface area contributed by atoms with Gasteiger partial charge in [-0.2, -0.15) is 0 Å². The lowest BCUT2D eigenvalue weighted by molar-refractivity contribution is -0.384. The maximum absolute atomic E-state index is 11.0. The van der Waals surface area contributed by atoms with Crippen LogP contribution in [-0.2, 0) is 9.47 Å². The Bertz CT molecular complexity index is 430. The molecule has 1 heterocycles. The molecule has 0 saturated carbocycles. The van der Waals surface area contributed by atoms with E-state index >= 15 is 0 Å². The summed E-state index contributed by atoms with van der Waals surface area (Å²) in [5.41, 5.74) is 1.29. The van der Waals surface area contributed by atoms with E-state index < -0.39 is 0 Å². The predicted octanol–water partition coefficient (Wildman–Crippen LogP) is 1.73. The lowest BCUT2D eigenvalue weighted by Gasteiger charge is -2.23. The number of rotatable bonds is 4. The molecule has 1 aromatic carbocycles. The smallest absolute Gasteiger partial charge is 0.295 e. The second-order valence-electron chi connectivity index (χ2n) is 4.18.